The molecule has 6 rings (SSSR count). The van der Waals surface area contributed by atoms with E-state index in [1.807, 2.05) is 0 Å². The summed E-state index contributed by atoms with van der Waals surface area (Å²) in [5.74, 6) is 1.32. The number of aromatic hydroxyl groups is 1. The van der Waals surface area contributed by atoms with Crippen LogP contribution in [-0.4, -0.2) is 70.3 Å². The van der Waals surface area contributed by atoms with Crippen LogP contribution in [0, 0.1) is 0 Å². The Kier molecular flexibility index (Phi) is 4.98. The predicted octanol–water partition coefficient (Wildman–Crippen LogP) is 2.41. The minimum absolute atomic E-state index is 0.00137. The lowest BCUT2D eigenvalue weighted by Crippen LogP contribution is -2.67. The number of nitrogens with zero attached hydrogens (tertiary/aromatic N) is 8. The van der Waals surface area contributed by atoms with E-state index in [2.05, 4.69) is 47.7 Å². The van der Waals surface area contributed by atoms with Gasteiger partial charge in [-0.05, 0) is 62.8 Å². The Labute approximate surface area is 196 Å². The van der Waals surface area contributed by atoms with Crippen molar-refractivity contribution in [2.45, 2.75) is 75.3 Å². The average molecular weight is 466 g/mol. The van der Waals surface area contributed by atoms with Crippen molar-refractivity contribution >= 4 is 5.82 Å². The molecule has 1 saturated carbocycles. The molecule has 34 heavy (non-hydrogen) atoms. The van der Waals surface area contributed by atoms with Crippen LogP contribution in [0.15, 0.2) is 24.4 Å². The van der Waals surface area contributed by atoms with Gasteiger partial charge in [-0.3, -0.25) is 0 Å². The SMILES string of the molecule is Cn1nnc(-c2ccc(-c3ncc(N(C4CC4)[C@H]4C[C@]5(C)CCC[C@@H](N5)[C@H]4F)nn3)c(O)c2)n1. The lowest BCUT2D eigenvalue weighted by Gasteiger charge is -2.52. The molecule has 0 radical (unpaired) electrons. The molecule has 3 aliphatic rings. The molecule has 1 aliphatic carbocycles. The molecule has 2 N–H and O–H groups in total. The highest BCUT2D eigenvalue weighted by molar-refractivity contribution is 5.70. The Bertz CT molecular complexity index is 1200. The average Bonchev–Trinajstić information content (AvgIpc) is 3.56. The molecule has 3 fully saturated rings. The summed E-state index contributed by atoms with van der Waals surface area (Å²) in [5, 5.41) is 34.8. The quantitative estimate of drug-likeness (QED) is 0.586. The van der Waals surface area contributed by atoms with Gasteiger partial charge in [0.15, 0.2) is 11.6 Å². The number of rotatable bonds is 5. The van der Waals surface area contributed by atoms with E-state index in [-0.39, 0.29) is 29.4 Å². The molecule has 0 spiro atoms. The minimum atomic E-state index is -0.957. The molecule has 3 aromatic rings. The second kappa shape index (κ2) is 7.93. The highest BCUT2D eigenvalue weighted by Gasteiger charge is 2.50. The molecule has 2 aromatic heterocycles. The number of anilines is 1. The second-order valence-electron chi connectivity index (χ2n) is 10.0. The zero-order chi connectivity index (χ0) is 23.4. The second-order valence-corrected chi connectivity index (χ2v) is 10.0. The van der Waals surface area contributed by atoms with Crippen molar-refractivity contribution in [1.82, 2.24) is 40.7 Å². The van der Waals surface area contributed by atoms with Crippen LogP contribution in [0.5, 0.6) is 5.75 Å². The van der Waals surface area contributed by atoms with Gasteiger partial charge in [-0.15, -0.1) is 20.4 Å². The van der Waals surface area contributed by atoms with E-state index in [4.69, 9.17) is 0 Å². The number of tetrazole rings is 1. The van der Waals surface area contributed by atoms with Crippen LogP contribution < -0.4 is 10.2 Å². The Morgan fingerprint density at radius 2 is 2.03 bits per heavy atom. The molecule has 1 aromatic carbocycles. The third kappa shape index (κ3) is 3.77. The fourth-order valence-corrected chi connectivity index (χ4v) is 5.55. The Balaban J connectivity index is 1.27. The molecule has 11 heteroatoms. The molecule has 2 aliphatic heterocycles. The summed E-state index contributed by atoms with van der Waals surface area (Å²) in [7, 11) is 1.68. The lowest BCUT2D eigenvalue weighted by atomic mass is 9.74. The summed E-state index contributed by atoms with van der Waals surface area (Å²) in [6.07, 6.45) is 6.49. The van der Waals surface area contributed by atoms with Crippen molar-refractivity contribution in [3.8, 4) is 28.5 Å². The molecule has 4 atom stereocenters. The maximum atomic E-state index is 15.6. The molecular weight excluding hydrogens is 437 g/mol. The zero-order valence-electron chi connectivity index (χ0n) is 19.3. The molecule has 0 amide bonds. The number of fused-ring (bicyclic) bond motifs is 2. The largest absolute Gasteiger partial charge is 0.507 e. The molecule has 10 nitrogen and oxygen atoms in total. The van der Waals surface area contributed by atoms with Crippen molar-refractivity contribution in [1.29, 1.82) is 0 Å². The summed E-state index contributed by atoms with van der Waals surface area (Å²) in [5.41, 5.74) is 1.05. The number of aryl methyl sites for hydroxylation is 1. The first-order chi connectivity index (χ1) is 16.4. The van der Waals surface area contributed by atoms with Gasteiger partial charge in [-0.1, -0.05) is 6.07 Å². The van der Waals surface area contributed by atoms with Crippen LogP contribution in [0.25, 0.3) is 22.8 Å². The normalized spacial score (nSPS) is 28.6. The first kappa shape index (κ1) is 21.3. The fourth-order valence-electron chi connectivity index (χ4n) is 5.55. The van der Waals surface area contributed by atoms with E-state index in [0.717, 1.165) is 38.5 Å². The summed E-state index contributed by atoms with van der Waals surface area (Å²) in [6.45, 7) is 2.21. The van der Waals surface area contributed by atoms with Gasteiger partial charge >= 0.3 is 0 Å². The standard InChI is InChI=1S/C23H28FN9O/c1-23-9-3-4-16(26-23)20(24)17(11-23)33(14-6-7-14)19-12-25-22(28-27-19)15-8-5-13(10-18(15)34)21-29-31-32(2)30-21/h5,8,10,12,14,16-17,20,26,34H,3-4,6-7,9,11H2,1-2H3/t16-,17+,20-,23+/m1/s1. The van der Waals surface area contributed by atoms with Crippen molar-refractivity contribution in [3.05, 3.63) is 24.4 Å². The summed E-state index contributed by atoms with van der Waals surface area (Å²) in [4.78, 5) is 7.97. The molecule has 4 heterocycles. The van der Waals surface area contributed by atoms with Crippen molar-refractivity contribution in [3.63, 3.8) is 0 Å². The first-order valence-electron chi connectivity index (χ1n) is 11.9. The van der Waals surface area contributed by atoms with E-state index < -0.39 is 6.17 Å². The van der Waals surface area contributed by atoms with Crippen LogP contribution >= 0.6 is 0 Å². The monoisotopic (exact) mass is 465 g/mol. The summed E-state index contributed by atoms with van der Waals surface area (Å²) >= 11 is 0. The molecular formula is C23H28FN9O. The fraction of sp³-hybridized carbons (Fsp3) is 0.565. The number of hydrogen-bond acceptors (Lipinski definition) is 9. The van der Waals surface area contributed by atoms with E-state index in [1.54, 1.807) is 31.4 Å². The van der Waals surface area contributed by atoms with E-state index in [0.29, 0.717) is 28.6 Å². The lowest BCUT2D eigenvalue weighted by molar-refractivity contribution is 0.0584. The number of alkyl halides is 1. The third-order valence-electron chi connectivity index (χ3n) is 7.31. The van der Waals surface area contributed by atoms with Gasteiger partial charge in [0, 0.05) is 23.2 Å². The number of halogens is 1. The minimum Gasteiger partial charge on any atom is -0.507 e. The van der Waals surface area contributed by atoms with Gasteiger partial charge in [0.25, 0.3) is 0 Å². The number of piperidine rings is 2. The van der Waals surface area contributed by atoms with Gasteiger partial charge in [-0.2, -0.15) is 4.80 Å². The van der Waals surface area contributed by atoms with Crippen LogP contribution in [0.3, 0.4) is 0 Å². The Morgan fingerprint density at radius 1 is 1.18 bits per heavy atom. The first-order valence-corrected chi connectivity index (χ1v) is 11.9. The molecule has 2 saturated heterocycles. The molecule has 0 unspecified atom stereocenters. The zero-order valence-corrected chi connectivity index (χ0v) is 19.3. The van der Waals surface area contributed by atoms with Gasteiger partial charge < -0.3 is 15.3 Å². The number of benzene rings is 1. The highest BCUT2D eigenvalue weighted by atomic mass is 19.1. The number of phenolic OH excluding ortho intramolecular Hbond substituents is 1. The Hall–Kier alpha value is -3.21. The summed E-state index contributed by atoms with van der Waals surface area (Å²) < 4.78 is 15.6. The number of hydrogen-bond donors (Lipinski definition) is 2. The number of nitrogens with one attached hydrogen (secondary N) is 1. The predicted molar refractivity (Wildman–Crippen MR) is 123 cm³/mol. The van der Waals surface area contributed by atoms with Crippen molar-refractivity contribution in [2.24, 2.45) is 7.05 Å². The number of aromatic nitrogens is 7. The third-order valence-corrected chi connectivity index (χ3v) is 7.31. The Morgan fingerprint density at radius 3 is 2.71 bits per heavy atom. The van der Waals surface area contributed by atoms with Crippen LogP contribution in [0.2, 0.25) is 0 Å². The van der Waals surface area contributed by atoms with Gasteiger partial charge in [0.1, 0.15) is 11.9 Å². The van der Waals surface area contributed by atoms with Crippen LogP contribution in [0.4, 0.5) is 10.2 Å². The van der Waals surface area contributed by atoms with Crippen LogP contribution in [-0.2, 0) is 7.05 Å². The van der Waals surface area contributed by atoms with Gasteiger partial charge in [0.05, 0.1) is 24.8 Å². The van der Waals surface area contributed by atoms with Crippen molar-refractivity contribution < 1.29 is 9.50 Å². The topological polar surface area (TPSA) is 118 Å². The van der Waals surface area contributed by atoms with Crippen LogP contribution in [0.1, 0.15) is 45.4 Å². The van der Waals surface area contributed by atoms with E-state index in [9.17, 15) is 5.11 Å². The highest BCUT2D eigenvalue weighted by Crippen LogP contribution is 2.42. The van der Waals surface area contributed by atoms with Crippen molar-refractivity contribution in [2.75, 3.05) is 4.90 Å². The maximum absolute atomic E-state index is 15.6. The summed E-state index contributed by atoms with van der Waals surface area (Å²) in [6, 6.07) is 4.98. The molecule has 178 valence electrons. The molecule has 2 bridgehead atoms. The maximum Gasteiger partial charge on any atom is 0.205 e. The van der Waals surface area contributed by atoms with E-state index >= 15 is 4.39 Å². The van der Waals surface area contributed by atoms with E-state index in [1.165, 1.54) is 4.80 Å². The van der Waals surface area contributed by atoms with Gasteiger partial charge in [-0.25, -0.2) is 9.37 Å². The van der Waals surface area contributed by atoms with Gasteiger partial charge in [0.2, 0.25) is 5.82 Å². The number of phenols is 1. The smallest absolute Gasteiger partial charge is 0.205 e.